The number of fused-ring (bicyclic) bond motifs is 1. The van der Waals surface area contributed by atoms with Crippen molar-refractivity contribution in [2.75, 3.05) is 6.54 Å². The molecule has 0 aliphatic carbocycles. The van der Waals surface area contributed by atoms with E-state index in [2.05, 4.69) is 10.3 Å². The Morgan fingerprint density at radius 2 is 1.82 bits per heavy atom. The van der Waals surface area contributed by atoms with E-state index in [1.54, 1.807) is 12.1 Å². The van der Waals surface area contributed by atoms with Crippen LogP contribution in [0.3, 0.4) is 0 Å². The van der Waals surface area contributed by atoms with Gasteiger partial charge in [0.15, 0.2) is 0 Å². The lowest BCUT2D eigenvalue weighted by Crippen LogP contribution is -2.24. The second-order valence-corrected chi connectivity index (χ2v) is 6.71. The SMILES string of the molecule is FC(F)(F)c1cc(-c2ccc3c(n2)CCNC3)ccc1OCc1ccccc1. The minimum atomic E-state index is -4.51. The zero-order valence-electron chi connectivity index (χ0n) is 15.1. The summed E-state index contributed by atoms with van der Waals surface area (Å²) in [4.78, 5) is 4.58. The number of benzene rings is 2. The molecule has 2 heterocycles. The average molecular weight is 384 g/mol. The van der Waals surface area contributed by atoms with Gasteiger partial charge >= 0.3 is 6.18 Å². The van der Waals surface area contributed by atoms with Crippen LogP contribution in [0.25, 0.3) is 11.3 Å². The minimum Gasteiger partial charge on any atom is -0.488 e. The van der Waals surface area contributed by atoms with E-state index in [-0.39, 0.29) is 12.4 Å². The van der Waals surface area contributed by atoms with Crippen LogP contribution < -0.4 is 10.1 Å². The Morgan fingerprint density at radius 1 is 1.00 bits per heavy atom. The van der Waals surface area contributed by atoms with Crippen molar-refractivity contribution in [1.82, 2.24) is 10.3 Å². The van der Waals surface area contributed by atoms with Gasteiger partial charge in [-0.05, 0) is 35.4 Å². The van der Waals surface area contributed by atoms with Crippen LogP contribution in [0.4, 0.5) is 13.2 Å². The maximum atomic E-state index is 13.6. The van der Waals surface area contributed by atoms with Gasteiger partial charge in [-0.2, -0.15) is 13.2 Å². The highest BCUT2D eigenvalue weighted by Gasteiger charge is 2.35. The van der Waals surface area contributed by atoms with Crippen LogP contribution in [-0.2, 0) is 25.7 Å². The molecule has 1 aliphatic heterocycles. The van der Waals surface area contributed by atoms with Gasteiger partial charge < -0.3 is 10.1 Å². The smallest absolute Gasteiger partial charge is 0.419 e. The Morgan fingerprint density at radius 3 is 2.61 bits per heavy atom. The van der Waals surface area contributed by atoms with Crippen LogP contribution in [0.1, 0.15) is 22.4 Å². The molecule has 1 aromatic heterocycles. The number of halogens is 3. The Hall–Kier alpha value is -2.86. The Kier molecular flexibility index (Phi) is 5.05. The van der Waals surface area contributed by atoms with E-state index in [0.717, 1.165) is 42.4 Å². The third-order valence-electron chi connectivity index (χ3n) is 4.74. The van der Waals surface area contributed by atoms with Crippen molar-refractivity contribution in [3.05, 3.63) is 83.0 Å². The summed E-state index contributed by atoms with van der Waals surface area (Å²) in [7, 11) is 0. The number of hydrogen-bond acceptors (Lipinski definition) is 3. The van der Waals surface area contributed by atoms with Crippen molar-refractivity contribution in [3.63, 3.8) is 0 Å². The molecule has 1 N–H and O–H groups in total. The zero-order chi connectivity index (χ0) is 19.6. The molecule has 0 fully saturated rings. The highest BCUT2D eigenvalue weighted by molar-refractivity contribution is 5.63. The normalized spacial score (nSPS) is 13.8. The molecule has 28 heavy (non-hydrogen) atoms. The fourth-order valence-electron chi connectivity index (χ4n) is 3.27. The lowest BCUT2D eigenvalue weighted by Gasteiger charge is -2.18. The van der Waals surface area contributed by atoms with Gasteiger partial charge in [-0.25, -0.2) is 0 Å². The van der Waals surface area contributed by atoms with Gasteiger partial charge in [-0.3, -0.25) is 4.98 Å². The highest BCUT2D eigenvalue weighted by atomic mass is 19.4. The van der Waals surface area contributed by atoms with Crippen LogP contribution in [0.5, 0.6) is 5.75 Å². The van der Waals surface area contributed by atoms with Crippen molar-refractivity contribution in [2.45, 2.75) is 25.7 Å². The maximum Gasteiger partial charge on any atom is 0.419 e. The van der Waals surface area contributed by atoms with Gasteiger partial charge in [0, 0.05) is 30.8 Å². The predicted octanol–water partition coefficient (Wildman–Crippen LogP) is 4.99. The third kappa shape index (κ3) is 4.02. The number of nitrogens with zero attached hydrogens (tertiary/aromatic N) is 1. The van der Waals surface area contributed by atoms with E-state index < -0.39 is 11.7 Å². The third-order valence-corrected chi connectivity index (χ3v) is 4.74. The number of pyridine rings is 1. The summed E-state index contributed by atoms with van der Waals surface area (Å²) in [5, 5.41) is 3.26. The molecule has 0 atom stereocenters. The van der Waals surface area contributed by atoms with Crippen molar-refractivity contribution in [3.8, 4) is 17.0 Å². The molecule has 0 saturated heterocycles. The maximum absolute atomic E-state index is 13.6. The van der Waals surface area contributed by atoms with Crippen LogP contribution in [0.2, 0.25) is 0 Å². The molecule has 0 saturated carbocycles. The highest BCUT2D eigenvalue weighted by Crippen LogP contribution is 2.39. The van der Waals surface area contributed by atoms with Crippen molar-refractivity contribution >= 4 is 0 Å². The Bertz CT molecular complexity index is 971. The first-order valence-electron chi connectivity index (χ1n) is 9.08. The molecule has 3 nitrogen and oxygen atoms in total. The summed E-state index contributed by atoms with van der Waals surface area (Å²) >= 11 is 0. The monoisotopic (exact) mass is 384 g/mol. The predicted molar refractivity (Wildman–Crippen MR) is 101 cm³/mol. The van der Waals surface area contributed by atoms with Gasteiger partial charge in [0.1, 0.15) is 12.4 Å². The van der Waals surface area contributed by atoms with Gasteiger partial charge in [-0.15, -0.1) is 0 Å². The molecule has 144 valence electrons. The number of alkyl halides is 3. The Labute approximate surface area is 161 Å². The molecule has 2 aromatic carbocycles. The summed E-state index contributed by atoms with van der Waals surface area (Å²) < 4.78 is 46.4. The number of ether oxygens (including phenoxy) is 1. The molecular weight excluding hydrogens is 365 g/mol. The molecule has 6 heteroatoms. The van der Waals surface area contributed by atoms with Gasteiger partial charge in [0.05, 0.1) is 11.3 Å². The first kappa shape index (κ1) is 18.5. The van der Waals surface area contributed by atoms with Crippen LogP contribution in [-0.4, -0.2) is 11.5 Å². The molecule has 0 unspecified atom stereocenters. The second kappa shape index (κ2) is 7.64. The van der Waals surface area contributed by atoms with Crippen molar-refractivity contribution in [1.29, 1.82) is 0 Å². The summed E-state index contributed by atoms with van der Waals surface area (Å²) in [6.07, 6.45) is -3.74. The molecule has 0 radical (unpaired) electrons. The van der Waals surface area contributed by atoms with Crippen molar-refractivity contribution < 1.29 is 17.9 Å². The lowest BCUT2D eigenvalue weighted by atomic mass is 10.0. The van der Waals surface area contributed by atoms with E-state index in [0.29, 0.717) is 11.3 Å². The van der Waals surface area contributed by atoms with Crippen LogP contribution in [0.15, 0.2) is 60.7 Å². The van der Waals surface area contributed by atoms with Crippen LogP contribution in [0, 0.1) is 0 Å². The molecule has 4 rings (SSSR count). The summed E-state index contributed by atoms with van der Waals surface area (Å²) in [5.41, 5.74) is 3.02. The second-order valence-electron chi connectivity index (χ2n) is 6.71. The molecule has 0 bridgehead atoms. The summed E-state index contributed by atoms with van der Waals surface area (Å²) in [6.45, 7) is 1.64. The molecule has 3 aromatic rings. The number of nitrogens with one attached hydrogen (secondary N) is 1. The summed E-state index contributed by atoms with van der Waals surface area (Å²) in [5.74, 6) is -0.178. The summed E-state index contributed by atoms with van der Waals surface area (Å²) in [6, 6.07) is 16.9. The van der Waals surface area contributed by atoms with Crippen LogP contribution >= 0.6 is 0 Å². The van der Waals surface area contributed by atoms with Crippen molar-refractivity contribution in [2.24, 2.45) is 0 Å². The fourth-order valence-corrected chi connectivity index (χ4v) is 3.27. The van der Waals surface area contributed by atoms with E-state index in [4.69, 9.17) is 4.74 Å². The van der Waals surface area contributed by atoms with E-state index in [9.17, 15) is 13.2 Å². The van der Waals surface area contributed by atoms with E-state index in [1.165, 1.54) is 6.07 Å². The first-order valence-corrected chi connectivity index (χ1v) is 9.08. The molecule has 1 aliphatic rings. The van der Waals surface area contributed by atoms with E-state index >= 15 is 0 Å². The minimum absolute atomic E-state index is 0.0767. The largest absolute Gasteiger partial charge is 0.488 e. The molecular formula is C22H19F3N2O. The quantitative estimate of drug-likeness (QED) is 0.688. The standard InChI is InChI=1S/C22H19F3N2O/c23-22(24,25)18-12-16(19-8-6-17-13-26-11-10-20(17)27-19)7-9-21(18)28-14-15-4-2-1-3-5-15/h1-9,12,26H,10-11,13-14H2. The van der Waals surface area contributed by atoms with E-state index in [1.807, 2.05) is 36.4 Å². The van der Waals surface area contributed by atoms with Gasteiger partial charge in [-0.1, -0.05) is 36.4 Å². The molecule has 0 amide bonds. The number of rotatable bonds is 4. The zero-order valence-corrected chi connectivity index (χ0v) is 15.1. The van der Waals surface area contributed by atoms with Gasteiger partial charge in [0.25, 0.3) is 0 Å². The first-order chi connectivity index (χ1) is 13.5. The average Bonchev–Trinajstić information content (AvgIpc) is 2.72. The molecule has 0 spiro atoms. The number of aromatic nitrogens is 1. The Balaban J connectivity index is 1.65. The fraction of sp³-hybridized carbons (Fsp3) is 0.227. The van der Waals surface area contributed by atoms with Gasteiger partial charge in [0.2, 0.25) is 0 Å². The number of hydrogen-bond donors (Lipinski definition) is 1. The topological polar surface area (TPSA) is 34.2 Å². The lowest BCUT2D eigenvalue weighted by molar-refractivity contribution is -0.139.